The van der Waals surface area contributed by atoms with Gasteiger partial charge in [0, 0.05) is 13.0 Å². The molecule has 0 unspecified atom stereocenters. The lowest BCUT2D eigenvalue weighted by Gasteiger charge is -2.22. The van der Waals surface area contributed by atoms with Crippen LogP contribution in [0.3, 0.4) is 0 Å². The molecule has 0 spiro atoms. The van der Waals surface area contributed by atoms with E-state index in [0.717, 1.165) is 11.1 Å². The molecule has 1 heterocycles. The van der Waals surface area contributed by atoms with Gasteiger partial charge in [0.2, 0.25) is 0 Å². The monoisotopic (exact) mass is 397 g/mol. The minimum atomic E-state index is -0.588. The van der Waals surface area contributed by atoms with Crippen LogP contribution in [0.2, 0.25) is 0 Å². The van der Waals surface area contributed by atoms with Crippen LogP contribution < -0.4 is 10.1 Å². The molecule has 0 bridgehead atoms. The van der Waals surface area contributed by atoms with Gasteiger partial charge in [-0.15, -0.1) is 0 Å². The molecule has 1 fully saturated rings. The highest BCUT2D eigenvalue weighted by molar-refractivity contribution is 5.77. The van der Waals surface area contributed by atoms with Crippen molar-refractivity contribution in [2.24, 2.45) is 0 Å². The van der Waals surface area contributed by atoms with Crippen LogP contribution in [-0.2, 0) is 19.7 Å². The first-order valence-electron chi connectivity index (χ1n) is 10.1. The summed E-state index contributed by atoms with van der Waals surface area (Å²) in [6, 6.07) is 16.4. The van der Waals surface area contributed by atoms with Crippen molar-refractivity contribution in [1.82, 2.24) is 5.32 Å². The largest absolute Gasteiger partial charge is 0.484 e. The Morgan fingerprint density at radius 3 is 2.10 bits per heavy atom. The second-order valence-corrected chi connectivity index (χ2v) is 8.57. The Kier molecular flexibility index (Phi) is 6.60. The molecule has 1 saturated heterocycles. The number of benzene rings is 2. The Hall–Kier alpha value is -2.37. The van der Waals surface area contributed by atoms with Crippen molar-refractivity contribution in [1.29, 1.82) is 0 Å². The third kappa shape index (κ3) is 6.05. The third-order valence-corrected chi connectivity index (χ3v) is 5.11. The van der Waals surface area contributed by atoms with Crippen molar-refractivity contribution in [2.75, 3.05) is 26.4 Å². The molecule has 0 aromatic heterocycles. The highest BCUT2D eigenvalue weighted by Gasteiger charge is 2.30. The number of amides is 1. The van der Waals surface area contributed by atoms with Gasteiger partial charge in [-0.25, -0.2) is 0 Å². The summed E-state index contributed by atoms with van der Waals surface area (Å²) in [4.78, 5) is 12.0. The molecule has 1 amide bonds. The van der Waals surface area contributed by atoms with Crippen molar-refractivity contribution < 1.29 is 19.0 Å². The predicted molar refractivity (Wildman–Crippen MR) is 114 cm³/mol. The Balaban J connectivity index is 1.46. The molecule has 29 heavy (non-hydrogen) atoms. The van der Waals surface area contributed by atoms with Crippen molar-refractivity contribution >= 4 is 5.91 Å². The molecule has 156 valence electrons. The van der Waals surface area contributed by atoms with Gasteiger partial charge in [0.1, 0.15) is 5.75 Å². The van der Waals surface area contributed by atoms with E-state index in [-0.39, 0.29) is 17.9 Å². The van der Waals surface area contributed by atoms with Crippen molar-refractivity contribution in [2.45, 2.75) is 45.3 Å². The molecule has 1 aliphatic heterocycles. The molecule has 0 aliphatic carbocycles. The molecule has 0 atom stereocenters. The van der Waals surface area contributed by atoms with Crippen LogP contribution >= 0.6 is 0 Å². The molecule has 2 aromatic carbocycles. The van der Waals surface area contributed by atoms with E-state index < -0.39 is 5.79 Å². The summed E-state index contributed by atoms with van der Waals surface area (Å²) in [6.07, 6.45) is 0.613. The summed E-state index contributed by atoms with van der Waals surface area (Å²) < 4.78 is 16.6. The molecular formula is C24H31NO4. The van der Waals surface area contributed by atoms with Crippen LogP contribution in [0.4, 0.5) is 0 Å². The quantitative estimate of drug-likeness (QED) is 0.757. The Labute approximate surface area is 173 Å². The van der Waals surface area contributed by atoms with Gasteiger partial charge < -0.3 is 19.5 Å². The van der Waals surface area contributed by atoms with Gasteiger partial charge >= 0.3 is 0 Å². The zero-order chi connectivity index (χ0) is 20.9. The SMILES string of the molecule is CC1(CCNC(=O)COc2ccc(-c3ccc(C(C)(C)C)cc3)cc2)OCCO1. The zero-order valence-electron chi connectivity index (χ0n) is 17.8. The molecule has 1 aliphatic rings. The van der Waals surface area contributed by atoms with Crippen LogP contribution in [0.25, 0.3) is 11.1 Å². The smallest absolute Gasteiger partial charge is 0.257 e. The average Bonchev–Trinajstić information content (AvgIpc) is 3.13. The molecule has 3 rings (SSSR count). The maximum atomic E-state index is 12.0. The fraction of sp³-hybridized carbons (Fsp3) is 0.458. The van der Waals surface area contributed by atoms with E-state index in [4.69, 9.17) is 14.2 Å². The minimum Gasteiger partial charge on any atom is -0.484 e. The topological polar surface area (TPSA) is 56.8 Å². The fourth-order valence-corrected chi connectivity index (χ4v) is 3.24. The molecule has 5 nitrogen and oxygen atoms in total. The molecule has 1 N–H and O–H groups in total. The number of hydrogen-bond donors (Lipinski definition) is 1. The molecule has 5 heteroatoms. The normalized spacial score (nSPS) is 15.9. The third-order valence-electron chi connectivity index (χ3n) is 5.11. The number of nitrogens with one attached hydrogen (secondary N) is 1. The van der Waals surface area contributed by atoms with Gasteiger partial charge in [0.15, 0.2) is 12.4 Å². The fourth-order valence-electron chi connectivity index (χ4n) is 3.24. The van der Waals surface area contributed by atoms with E-state index in [1.54, 1.807) is 0 Å². The second-order valence-electron chi connectivity index (χ2n) is 8.57. The summed E-state index contributed by atoms with van der Waals surface area (Å²) in [7, 11) is 0. The second kappa shape index (κ2) is 8.97. The predicted octanol–water partition coefficient (Wildman–Crippen LogP) is 4.30. The Bertz CT molecular complexity index is 800. The standard InChI is InChI=1S/C24H31NO4/c1-23(2,3)20-9-5-18(6-10-20)19-7-11-21(12-8-19)27-17-22(26)25-14-13-24(4)28-15-16-29-24/h5-12H,13-17H2,1-4H3,(H,25,26). The minimum absolute atomic E-state index is 0.0158. The average molecular weight is 398 g/mol. The summed E-state index contributed by atoms with van der Waals surface area (Å²) >= 11 is 0. The van der Waals surface area contributed by atoms with E-state index in [2.05, 4.69) is 50.4 Å². The Morgan fingerprint density at radius 2 is 1.55 bits per heavy atom. The van der Waals surface area contributed by atoms with Crippen LogP contribution in [0.1, 0.15) is 39.7 Å². The molecular weight excluding hydrogens is 366 g/mol. The highest BCUT2D eigenvalue weighted by atomic mass is 16.7. The summed E-state index contributed by atoms with van der Waals surface area (Å²) in [6.45, 7) is 10.2. The molecule has 0 radical (unpaired) electrons. The number of hydrogen-bond acceptors (Lipinski definition) is 4. The van der Waals surface area contributed by atoms with Gasteiger partial charge in [-0.1, -0.05) is 57.2 Å². The first kappa shape index (κ1) is 21.3. The van der Waals surface area contributed by atoms with Gasteiger partial charge in [-0.05, 0) is 41.2 Å². The van der Waals surface area contributed by atoms with E-state index in [1.807, 2.05) is 31.2 Å². The van der Waals surface area contributed by atoms with Crippen LogP contribution in [-0.4, -0.2) is 38.1 Å². The first-order valence-corrected chi connectivity index (χ1v) is 10.1. The molecule has 2 aromatic rings. The zero-order valence-corrected chi connectivity index (χ0v) is 17.8. The van der Waals surface area contributed by atoms with E-state index in [9.17, 15) is 4.79 Å². The van der Waals surface area contributed by atoms with Gasteiger partial charge in [0.25, 0.3) is 5.91 Å². The van der Waals surface area contributed by atoms with E-state index in [1.165, 1.54) is 5.56 Å². The van der Waals surface area contributed by atoms with Crippen molar-refractivity contribution in [3.63, 3.8) is 0 Å². The van der Waals surface area contributed by atoms with Gasteiger partial charge in [0.05, 0.1) is 13.2 Å². The van der Waals surface area contributed by atoms with Crippen LogP contribution in [0.5, 0.6) is 5.75 Å². The van der Waals surface area contributed by atoms with Crippen molar-refractivity contribution in [3.8, 4) is 16.9 Å². The number of carbonyl (C=O) groups is 1. The number of carbonyl (C=O) groups excluding carboxylic acids is 1. The van der Waals surface area contributed by atoms with Crippen LogP contribution in [0.15, 0.2) is 48.5 Å². The van der Waals surface area contributed by atoms with Gasteiger partial charge in [-0.2, -0.15) is 0 Å². The summed E-state index contributed by atoms with van der Waals surface area (Å²) in [5, 5.41) is 2.84. The lowest BCUT2D eigenvalue weighted by Crippen LogP contribution is -2.35. The first-order chi connectivity index (χ1) is 13.8. The summed E-state index contributed by atoms with van der Waals surface area (Å²) in [5.41, 5.74) is 3.73. The maximum Gasteiger partial charge on any atom is 0.257 e. The maximum absolute atomic E-state index is 12.0. The lowest BCUT2D eigenvalue weighted by molar-refractivity contribution is -0.146. The highest BCUT2D eigenvalue weighted by Crippen LogP contribution is 2.27. The summed E-state index contributed by atoms with van der Waals surface area (Å²) in [5.74, 6) is -0.0761. The number of rotatable bonds is 7. The van der Waals surface area contributed by atoms with E-state index >= 15 is 0 Å². The number of ether oxygens (including phenoxy) is 3. The van der Waals surface area contributed by atoms with E-state index in [0.29, 0.717) is 31.9 Å². The lowest BCUT2D eigenvalue weighted by atomic mass is 9.86. The Morgan fingerprint density at radius 1 is 1.00 bits per heavy atom. The van der Waals surface area contributed by atoms with Gasteiger partial charge in [-0.3, -0.25) is 4.79 Å². The van der Waals surface area contributed by atoms with Crippen molar-refractivity contribution in [3.05, 3.63) is 54.1 Å². The van der Waals surface area contributed by atoms with Crippen LogP contribution in [0, 0.1) is 0 Å². The molecule has 0 saturated carbocycles.